The molecule has 0 rings (SSSR count). The van der Waals surface area contributed by atoms with E-state index in [1.54, 1.807) is 21.3 Å². The molecule has 1 atom stereocenters. The molecule has 0 saturated carbocycles. The second-order valence-corrected chi connectivity index (χ2v) is 6.38. The highest BCUT2D eigenvalue weighted by atomic mass is 16.9. The van der Waals surface area contributed by atoms with Crippen LogP contribution in [-0.4, -0.2) is 51.8 Å². The quantitative estimate of drug-likeness (QED) is 0.303. The molecule has 0 aliphatic carbocycles. The third kappa shape index (κ3) is 9.65. The number of hydrogen-bond donors (Lipinski definition) is 0. The van der Waals surface area contributed by atoms with Gasteiger partial charge in [-0.3, -0.25) is 0 Å². The van der Waals surface area contributed by atoms with Gasteiger partial charge in [0.1, 0.15) is 0 Å². The predicted octanol–water partition coefficient (Wildman–Crippen LogP) is 4.68. The van der Waals surface area contributed by atoms with Crippen molar-refractivity contribution in [2.24, 2.45) is 5.92 Å². The lowest BCUT2D eigenvalue weighted by Crippen LogP contribution is -2.38. The minimum absolute atomic E-state index is 0.585. The topological polar surface area (TPSA) is 30.9 Å². The van der Waals surface area contributed by atoms with Gasteiger partial charge < -0.3 is 19.1 Å². The molecule has 0 heterocycles. The summed E-state index contributed by atoms with van der Waals surface area (Å²) in [6, 6.07) is 0. The van der Waals surface area contributed by atoms with Crippen LogP contribution in [-0.2, 0) is 14.2 Å². The maximum absolute atomic E-state index is 5.51. The van der Waals surface area contributed by atoms with Crippen molar-refractivity contribution in [3.63, 3.8) is 0 Å². The van der Waals surface area contributed by atoms with E-state index in [9.17, 15) is 0 Å². The van der Waals surface area contributed by atoms with Crippen LogP contribution < -0.4 is 0 Å². The largest absolute Gasteiger partial charge is 0.331 e. The highest BCUT2D eigenvalue weighted by Crippen LogP contribution is 2.29. The summed E-state index contributed by atoms with van der Waals surface area (Å²) in [7, 11) is 4.99. The average Bonchev–Trinajstić information content (AvgIpc) is 2.60. The van der Waals surface area contributed by atoms with Gasteiger partial charge in [-0.1, -0.05) is 52.9 Å². The summed E-state index contributed by atoms with van der Waals surface area (Å²) in [5.41, 5.74) is 0. The van der Waals surface area contributed by atoms with Crippen molar-refractivity contribution in [2.75, 3.05) is 41.0 Å². The van der Waals surface area contributed by atoms with E-state index in [4.69, 9.17) is 14.2 Å². The fourth-order valence-electron chi connectivity index (χ4n) is 3.21. The standard InChI is InChI=1S/C19H41NO3/c1-7-10-11-12-14-18(15-13-16-20(8-2)9-3)17-19(21-4,22-5)23-6/h18H,7-17H2,1-6H3. The number of nitrogens with zero attached hydrogens (tertiary/aromatic N) is 1. The van der Waals surface area contributed by atoms with Gasteiger partial charge in [0.15, 0.2) is 0 Å². The summed E-state index contributed by atoms with van der Waals surface area (Å²) in [5.74, 6) is -0.299. The molecule has 0 spiro atoms. The van der Waals surface area contributed by atoms with Gasteiger partial charge in [-0.05, 0) is 38.4 Å². The number of methoxy groups -OCH3 is 3. The molecule has 23 heavy (non-hydrogen) atoms. The molecule has 4 heteroatoms. The van der Waals surface area contributed by atoms with Gasteiger partial charge in [0, 0.05) is 27.8 Å². The maximum Gasteiger partial charge on any atom is 0.282 e. The van der Waals surface area contributed by atoms with Crippen LogP contribution in [0.15, 0.2) is 0 Å². The van der Waals surface area contributed by atoms with Gasteiger partial charge in [0.2, 0.25) is 0 Å². The molecule has 0 aliphatic heterocycles. The van der Waals surface area contributed by atoms with Crippen LogP contribution in [0, 0.1) is 5.92 Å². The van der Waals surface area contributed by atoms with Crippen LogP contribution >= 0.6 is 0 Å². The van der Waals surface area contributed by atoms with Crippen LogP contribution in [0.25, 0.3) is 0 Å². The van der Waals surface area contributed by atoms with Crippen LogP contribution in [0.5, 0.6) is 0 Å². The molecule has 0 N–H and O–H groups in total. The lowest BCUT2D eigenvalue weighted by Gasteiger charge is -2.32. The van der Waals surface area contributed by atoms with E-state index in [1.165, 1.54) is 51.5 Å². The Labute approximate surface area is 144 Å². The van der Waals surface area contributed by atoms with Crippen molar-refractivity contribution in [2.45, 2.75) is 78.1 Å². The Hall–Kier alpha value is -0.160. The first-order chi connectivity index (χ1) is 11.1. The normalized spacial score (nSPS) is 13.7. The molecular weight excluding hydrogens is 290 g/mol. The molecule has 0 aliphatic rings. The Morgan fingerprint density at radius 3 is 1.83 bits per heavy atom. The average molecular weight is 332 g/mol. The molecule has 4 nitrogen and oxygen atoms in total. The van der Waals surface area contributed by atoms with Crippen LogP contribution in [0.3, 0.4) is 0 Å². The lowest BCUT2D eigenvalue weighted by atomic mass is 9.91. The number of rotatable bonds is 16. The molecule has 0 aromatic heterocycles. The van der Waals surface area contributed by atoms with Gasteiger partial charge in [0.25, 0.3) is 5.97 Å². The Bertz CT molecular complexity index is 245. The van der Waals surface area contributed by atoms with Crippen molar-refractivity contribution in [1.82, 2.24) is 4.90 Å². The minimum atomic E-state index is -0.884. The Morgan fingerprint density at radius 2 is 1.35 bits per heavy atom. The first-order valence-electron chi connectivity index (χ1n) is 9.49. The first kappa shape index (κ1) is 22.8. The van der Waals surface area contributed by atoms with E-state index in [-0.39, 0.29) is 0 Å². The number of hydrogen-bond acceptors (Lipinski definition) is 4. The summed E-state index contributed by atoms with van der Waals surface area (Å²) in [6.45, 7) is 10.2. The zero-order valence-electron chi connectivity index (χ0n) is 16.5. The lowest BCUT2D eigenvalue weighted by molar-refractivity contribution is -0.359. The Balaban J connectivity index is 4.48. The van der Waals surface area contributed by atoms with Gasteiger partial charge >= 0.3 is 0 Å². The van der Waals surface area contributed by atoms with Crippen molar-refractivity contribution in [3.05, 3.63) is 0 Å². The second kappa shape index (κ2) is 14.2. The maximum atomic E-state index is 5.51. The molecule has 140 valence electrons. The highest BCUT2D eigenvalue weighted by molar-refractivity contribution is 4.68. The smallest absolute Gasteiger partial charge is 0.282 e. The van der Waals surface area contributed by atoms with Gasteiger partial charge in [-0.15, -0.1) is 0 Å². The summed E-state index contributed by atoms with van der Waals surface area (Å²) >= 11 is 0. The molecule has 0 amide bonds. The predicted molar refractivity (Wildman–Crippen MR) is 97.6 cm³/mol. The summed E-state index contributed by atoms with van der Waals surface area (Å²) in [4.78, 5) is 2.49. The fourth-order valence-corrected chi connectivity index (χ4v) is 3.21. The van der Waals surface area contributed by atoms with Crippen LogP contribution in [0.2, 0.25) is 0 Å². The van der Waals surface area contributed by atoms with Gasteiger partial charge in [-0.2, -0.15) is 0 Å². The van der Waals surface area contributed by atoms with Gasteiger partial charge in [-0.25, -0.2) is 0 Å². The summed E-state index contributed by atoms with van der Waals surface area (Å²) in [5, 5.41) is 0. The number of unbranched alkanes of at least 4 members (excludes halogenated alkanes) is 3. The molecular formula is C19H41NO3. The van der Waals surface area contributed by atoms with E-state index >= 15 is 0 Å². The van der Waals surface area contributed by atoms with Crippen molar-refractivity contribution in [3.8, 4) is 0 Å². The SMILES string of the molecule is CCCCCCC(CCCN(CC)CC)CC(OC)(OC)OC. The van der Waals surface area contributed by atoms with Crippen molar-refractivity contribution < 1.29 is 14.2 Å². The zero-order chi connectivity index (χ0) is 17.6. The Kier molecular flexibility index (Phi) is 14.1. The third-order valence-corrected chi connectivity index (χ3v) is 4.92. The summed E-state index contributed by atoms with van der Waals surface area (Å²) in [6.07, 6.45) is 9.70. The van der Waals surface area contributed by atoms with E-state index in [2.05, 4.69) is 25.7 Å². The minimum Gasteiger partial charge on any atom is -0.331 e. The number of ether oxygens (including phenoxy) is 3. The highest BCUT2D eigenvalue weighted by Gasteiger charge is 2.32. The molecule has 0 saturated heterocycles. The van der Waals surface area contributed by atoms with Crippen LogP contribution in [0.1, 0.15) is 72.1 Å². The monoisotopic (exact) mass is 331 g/mol. The molecule has 0 aromatic carbocycles. The fraction of sp³-hybridized carbons (Fsp3) is 1.00. The molecule has 0 radical (unpaired) electrons. The van der Waals surface area contributed by atoms with Gasteiger partial charge in [0.05, 0.1) is 0 Å². The van der Waals surface area contributed by atoms with E-state index < -0.39 is 5.97 Å². The van der Waals surface area contributed by atoms with Crippen molar-refractivity contribution >= 4 is 0 Å². The third-order valence-electron chi connectivity index (χ3n) is 4.92. The molecule has 1 unspecified atom stereocenters. The zero-order valence-corrected chi connectivity index (χ0v) is 16.5. The first-order valence-corrected chi connectivity index (χ1v) is 9.49. The molecule has 0 bridgehead atoms. The molecule has 0 fully saturated rings. The van der Waals surface area contributed by atoms with E-state index in [0.29, 0.717) is 5.92 Å². The summed E-state index contributed by atoms with van der Waals surface area (Å²) < 4.78 is 16.5. The van der Waals surface area contributed by atoms with E-state index in [0.717, 1.165) is 19.5 Å². The van der Waals surface area contributed by atoms with Crippen molar-refractivity contribution in [1.29, 1.82) is 0 Å². The van der Waals surface area contributed by atoms with Crippen LogP contribution in [0.4, 0.5) is 0 Å². The molecule has 0 aromatic rings. The Morgan fingerprint density at radius 1 is 0.783 bits per heavy atom. The van der Waals surface area contributed by atoms with E-state index in [1.807, 2.05) is 0 Å². The second-order valence-electron chi connectivity index (χ2n) is 6.38.